The Balaban J connectivity index is 1.48. The van der Waals surface area contributed by atoms with E-state index < -0.39 is 18.1 Å². The zero-order chi connectivity index (χ0) is 30.0. The number of nitrogens with one attached hydrogen (secondary N) is 1. The largest absolute Gasteiger partial charge is 0.437 e. The van der Waals surface area contributed by atoms with Crippen molar-refractivity contribution in [2.45, 2.75) is 33.2 Å². The van der Waals surface area contributed by atoms with Crippen LogP contribution in [-0.4, -0.2) is 70.3 Å². The molecule has 1 unspecified atom stereocenters. The lowest BCUT2D eigenvalue weighted by Gasteiger charge is -2.39. The first-order valence-electron chi connectivity index (χ1n) is 13.3. The molecule has 1 amide bonds. The highest BCUT2D eigenvalue weighted by molar-refractivity contribution is 7.22. The Labute approximate surface area is 244 Å². The molecule has 1 aromatic carbocycles. The lowest BCUT2D eigenvalue weighted by molar-refractivity contribution is -0.141. The maximum Gasteiger partial charge on any atom is 0.433 e. The molecule has 4 aromatic rings. The summed E-state index contributed by atoms with van der Waals surface area (Å²) in [6.07, 6.45) is -3.87. The smallest absolute Gasteiger partial charge is 0.433 e. The number of hydrogen-bond donors (Lipinski definition) is 1. The third-order valence-corrected chi connectivity index (χ3v) is 7.42. The number of halogens is 3. The topological polar surface area (TPSA) is 106 Å². The van der Waals surface area contributed by atoms with E-state index in [1.165, 1.54) is 36.7 Å². The van der Waals surface area contributed by atoms with Crippen molar-refractivity contribution in [1.82, 2.24) is 24.8 Å². The van der Waals surface area contributed by atoms with Crippen molar-refractivity contribution in [3.63, 3.8) is 0 Å². The third kappa shape index (κ3) is 6.77. The van der Waals surface area contributed by atoms with E-state index >= 15 is 0 Å². The summed E-state index contributed by atoms with van der Waals surface area (Å²) in [5.41, 5.74) is 0.201. The molecular weight excluding hydrogens is 571 g/mol. The first-order valence-corrected chi connectivity index (χ1v) is 14.1. The SMILES string of the molecule is CC(=O)Nc1nc2c(Oc3cc(-c4ccc(C(F)(F)F)nc4N(C)C4CN(CC(C)C)CCO4)ncn3)cccc2s1. The number of carbonyl (C=O) groups excluding carboxylic acids is 1. The molecule has 1 atom stereocenters. The molecule has 14 heteroatoms. The average Bonchev–Trinajstić information content (AvgIpc) is 3.34. The number of carbonyl (C=O) groups is 1. The van der Waals surface area contributed by atoms with Crippen LogP contribution in [0.25, 0.3) is 21.5 Å². The van der Waals surface area contributed by atoms with Crippen LogP contribution in [0.5, 0.6) is 11.6 Å². The Bertz CT molecular complexity index is 1580. The van der Waals surface area contributed by atoms with Crippen LogP contribution in [-0.2, 0) is 15.7 Å². The summed E-state index contributed by atoms with van der Waals surface area (Å²) in [5, 5.41) is 3.10. The van der Waals surface area contributed by atoms with Crippen molar-refractivity contribution >= 4 is 38.4 Å². The maximum atomic E-state index is 13.7. The standard InChI is InChI=1S/C28H30F3N7O3S/c1-16(2)13-38-10-11-40-24(14-38)37(4)26-18(8-9-22(35-26)28(29,30)31)19-12-23(33-15-32-19)41-20-6-5-7-21-25(20)36-27(42-21)34-17(3)39/h5-9,12,15-16,24H,10-11,13-14H2,1-4H3,(H,34,36,39). The first kappa shape index (κ1) is 29.6. The van der Waals surface area contributed by atoms with E-state index in [0.717, 1.165) is 23.9 Å². The predicted octanol–water partition coefficient (Wildman–Crippen LogP) is 5.67. The summed E-state index contributed by atoms with van der Waals surface area (Å²) in [6.45, 7) is 8.20. The summed E-state index contributed by atoms with van der Waals surface area (Å²) in [7, 11) is 1.67. The van der Waals surface area contributed by atoms with Crippen LogP contribution in [0.1, 0.15) is 26.5 Å². The predicted molar refractivity (Wildman–Crippen MR) is 154 cm³/mol. The Morgan fingerprint density at radius 2 is 2.05 bits per heavy atom. The lowest BCUT2D eigenvalue weighted by Crippen LogP contribution is -2.51. The van der Waals surface area contributed by atoms with Crippen molar-refractivity contribution in [2.24, 2.45) is 5.92 Å². The Morgan fingerprint density at radius 1 is 1.24 bits per heavy atom. The van der Waals surface area contributed by atoms with Crippen LogP contribution >= 0.6 is 11.3 Å². The van der Waals surface area contributed by atoms with Crippen molar-refractivity contribution in [2.75, 3.05) is 43.5 Å². The molecule has 1 aliphatic rings. The highest BCUT2D eigenvalue weighted by Gasteiger charge is 2.35. The minimum absolute atomic E-state index is 0.0763. The van der Waals surface area contributed by atoms with Gasteiger partial charge in [-0.3, -0.25) is 9.69 Å². The summed E-state index contributed by atoms with van der Waals surface area (Å²) in [6, 6.07) is 9.17. The van der Waals surface area contributed by atoms with Crippen LogP contribution in [0.4, 0.5) is 24.1 Å². The van der Waals surface area contributed by atoms with Gasteiger partial charge in [0.15, 0.2) is 10.9 Å². The average molecular weight is 602 g/mol. The molecule has 1 saturated heterocycles. The second-order valence-electron chi connectivity index (χ2n) is 10.3. The van der Waals surface area contributed by atoms with E-state index in [1.54, 1.807) is 24.1 Å². The summed E-state index contributed by atoms with van der Waals surface area (Å²) >= 11 is 1.30. The molecule has 0 radical (unpaired) electrons. The number of nitrogens with zero attached hydrogens (tertiary/aromatic N) is 6. The molecule has 0 saturated carbocycles. The molecular formula is C28H30F3N7O3S. The summed E-state index contributed by atoms with van der Waals surface area (Å²) in [4.78, 5) is 32.3. The number of rotatable bonds is 8. The number of aromatic nitrogens is 4. The highest BCUT2D eigenvalue weighted by Crippen LogP contribution is 2.37. The number of ether oxygens (including phenoxy) is 2. The monoisotopic (exact) mass is 601 g/mol. The third-order valence-electron chi connectivity index (χ3n) is 6.48. The Hall–Kier alpha value is -3.88. The number of hydrogen-bond acceptors (Lipinski definition) is 10. The molecule has 1 fully saturated rings. The van der Waals surface area contributed by atoms with Crippen LogP contribution in [0.15, 0.2) is 42.7 Å². The number of para-hydroxylation sites is 1. The first-order chi connectivity index (χ1) is 20.0. The number of amides is 1. The zero-order valence-corrected chi connectivity index (χ0v) is 24.3. The molecule has 0 bridgehead atoms. The van der Waals surface area contributed by atoms with E-state index in [0.29, 0.717) is 46.7 Å². The molecule has 5 rings (SSSR count). The van der Waals surface area contributed by atoms with Crippen LogP contribution in [0.2, 0.25) is 0 Å². The molecule has 0 aliphatic carbocycles. The van der Waals surface area contributed by atoms with Gasteiger partial charge in [-0.05, 0) is 30.2 Å². The van der Waals surface area contributed by atoms with E-state index in [9.17, 15) is 18.0 Å². The fourth-order valence-corrected chi connectivity index (χ4v) is 5.61. The Kier molecular flexibility index (Phi) is 8.57. The molecule has 42 heavy (non-hydrogen) atoms. The molecule has 10 nitrogen and oxygen atoms in total. The van der Waals surface area contributed by atoms with Gasteiger partial charge in [-0.15, -0.1) is 0 Å². The van der Waals surface area contributed by atoms with E-state index in [4.69, 9.17) is 9.47 Å². The Morgan fingerprint density at radius 3 is 2.79 bits per heavy atom. The highest BCUT2D eigenvalue weighted by atomic mass is 32.1. The van der Waals surface area contributed by atoms with Crippen LogP contribution in [0.3, 0.4) is 0 Å². The molecule has 3 aromatic heterocycles. The second kappa shape index (κ2) is 12.2. The van der Waals surface area contributed by atoms with Crippen molar-refractivity contribution in [3.05, 3.63) is 48.4 Å². The van der Waals surface area contributed by atoms with E-state index in [2.05, 4.69) is 44.0 Å². The summed E-state index contributed by atoms with van der Waals surface area (Å²) in [5.74, 6) is 0.824. The minimum Gasteiger partial charge on any atom is -0.437 e. The second-order valence-corrected chi connectivity index (χ2v) is 11.3. The van der Waals surface area contributed by atoms with Gasteiger partial charge in [0.1, 0.15) is 29.6 Å². The maximum absolute atomic E-state index is 13.7. The van der Waals surface area contributed by atoms with Gasteiger partial charge in [0.25, 0.3) is 0 Å². The fraction of sp³-hybridized carbons (Fsp3) is 0.393. The van der Waals surface area contributed by atoms with Gasteiger partial charge >= 0.3 is 6.18 Å². The zero-order valence-electron chi connectivity index (χ0n) is 23.5. The molecule has 0 spiro atoms. The van der Waals surface area contributed by atoms with Crippen molar-refractivity contribution < 1.29 is 27.4 Å². The lowest BCUT2D eigenvalue weighted by atomic mass is 10.1. The van der Waals surface area contributed by atoms with Crippen LogP contribution in [0, 0.1) is 5.92 Å². The van der Waals surface area contributed by atoms with Gasteiger partial charge in [0.2, 0.25) is 11.8 Å². The summed E-state index contributed by atoms with van der Waals surface area (Å²) < 4.78 is 54.0. The van der Waals surface area contributed by atoms with Gasteiger partial charge in [-0.25, -0.2) is 19.9 Å². The number of thiazole rings is 1. The fourth-order valence-electron chi connectivity index (χ4n) is 4.68. The molecule has 1 aliphatic heterocycles. The van der Waals surface area contributed by atoms with Crippen molar-refractivity contribution in [1.29, 1.82) is 0 Å². The molecule has 4 heterocycles. The van der Waals surface area contributed by atoms with Gasteiger partial charge in [-0.1, -0.05) is 31.3 Å². The number of benzene rings is 1. The number of likely N-dealkylation sites (N-methyl/N-ethyl adjacent to an activating group) is 1. The number of alkyl halides is 3. The number of anilines is 2. The quantitative estimate of drug-likeness (QED) is 0.274. The molecule has 222 valence electrons. The van der Waals surface area contributed by atoms with Gasteiger partial charge < -0.3 is 19.7 Å². The van der Waals surface area contributed by atoms with E-state index in [1.807, 2.05) is 6.07 Å². The number of fused-ring (bicyclic) bond motifs is 1. The van der Waals surface area contributed by atoms with Gasteiger partial charge in [0.05, 0.1) is 17.0 Å². The normalized spacial score (nSPS) is 16.1. The van der Waals surface area contributed by atoms with Gasteiger partial charge in [-0.2, -0.15) is 13.2 Å². The molecule has 1 N–H and O–H groups in total. The van der Waals surface area contributed by atoms with Gasteiger partial charge in [0, 0.05) is 45.2 Å². The van der Waals surface area contributed by atoms with Crippen molar-refractivity contribution in [3.8, 4) is 22.9 Å². The van der Waals surface area contributed by atoms with Crippen LogP contribution < -0.4 is 15.0 Å². The number of morpholine rings is 1. The minimum atomic E-state index is -4.63. The number of pyridine rings is 1. The van der Waals surface area contributed by atoms with E-state index in [-0.39, 0.29) is 17.6 Å².